The van der Waals surface area contributed by atoms with Crippen LogP contribution in [0.25, 0.3) is 0 Å². The molecule has 6 unspecified atom stereocenters. The molecule has 5 amide bonds. The molecule has 2 heterocycles. The molecule has 2 saturated heterocycles. The van der Waals surface area contributed by atoms with Gasteiger partial charge in [-0.2, -0.15) is 9.91 Å². The van der Waals surface area contributed by atoms with E-state index in [1.165, 1.54) is 31.4 Å². The van der Waals surface area contributed by atoms with Crippen molar-refractivity contribution in [2.75, 3.05) is 19.6 Å². The number of aromatic hydroxyl groups is 1. The molecule has 7 rings (SSSR count). The van der Waals surface area contributed by atoms with Crippen molar-refractivity contribution in [3.8, 4) is 11.5 Å². The minimum absolute atomic E-state index is 0.0411. The Morgan fingerprint density at radius 2 is 1.69 bits per heavy atom. The van der Waals surface area contributed by atoms with Crippen LogP contribution in [0.3, 0.4) is 0 Å². The Hall–Kier alpha value is -4.94. The number of anilines is 1. The molecule has 3 aromatic carbocycles. The maximum absolute atomic E-state index is 15.2. The number of allylic oxidation sites excluding steroid dienone is 2. The lowest BCUT2D eigenvalue weighted by Crippen LogP contribution is -2.53. The molecular weight excluding hydrogens is 680 g/mol. The van der Waals surface area contributed by atoms with Crippen molar-refractivity contribution in [3.05, 3.63) is 99.3 Å². The van der Waals surface area contributed by atoms with E-state index in [1.807, 2.05) is 0 Å². The van der Waals surface area contributed by atoms with E-state index in [9.17, 15) is 24.3 Å². The molecule has 0 spiro atoms. The van der Waals surface area contributed by atoms with Crippen LogP contribution >= 0.6 is 23.2 Å². The van der Waals surface area contributed by atoms with Crippen molar-refractivity contribution < 1.29 is 42.9 Å². The average molecular weight is 709 g/mol. The number of hydrogen-bond acceptors (Lipinski definition) is 9. The molecule has 2 N–H and O–H groups in total. The molecule has 14 heteroatoms. The van der Waals surface area contributed by atoms with Gasteiger partial charge in [-0.25, -0.2) is 9.18 Å². The molecule has 4 aliphatic rings. The highest BCUT2D eigenvalue weighted by Gasteiger charge is 2.70. The second kappa shape index (κ2) is 11.9. The van der Waals surface area contributed by atoms with Crippen molar-refractivity contribution in [2.24, 2.45) is 23.7 Å². The van der Waals surface area contributed by atoms with E-state index in [4.69, 9.17) is 32.7 Å². The first-order chi connectivity index (χ1) is 23.4. The lowest BCUT2D eigenvalue weighted by atomic mass is 9.49. The predicted octanol–water partition coefficient (Wildman–Crippen LogP) is 5.60. The lowest BCUT2D eigenvalue weighted by Gasteiger charge is -2.50. The second-order valence-corrected chi connectivity index (χ2v) is 13.2. The third-order valence-electron chi connectivity index (χ3n) is 10.2. The highest BCUT2D eigenvalue weighted by molar-refractivity contribution is 6.36. The normalized spacial score (nSPS) is 27.4. The fourth-order valence-corrected chi connectivity index (χ4v) is 8.64. The van der Waals surface area contributed by atoms with Gasteiger partial charge in [0, 0.05) is 10.9 Å². The van der Waals surface area contributed by atoms with E-state index < -0.39 is 76.3 Å². The van der Waals surface area contributed by atoms with E-state index in [0.717, 1.165) is 24.3 Å². The van der Waals surface area contributed by atoms with E-state index in [0.29, 0.717) is 26.8 Å². The van der Waals surface area contributed by atoms with E-state index in [2.05, 4.69) is 5.43 Å². The molecule has 3 aromatic rings. The predicted molar refractivity (Wildman–Crippen MR) is 173 cm³/mol. The summed E-state index contributed by atoms with van der Waals surface area (Å²) in [6.45, 7) is 0. The van der Waals surface area contributed by atoms with Gasteiger partial charge in [0.15, 0.2) is 11.6 Å². The fourth-order valence-electron chi connectivity index (χ4n) is 8.19. The summed E-state index contributed by atoms with van der Waals surface area (Å²) in [6.07, 6.45) is 0.605. The van der Waals surface area contributed by atoms with Crippen molar-refractivity contribution >= 4 is 58.6 Å². The number of imide groups is 4. The van der Waals surface area contributed by atoms with Gasteiger partial charge in [-0.05, 0) is 72.4 Å². The Balaban J connectivity index is 1.46. The van der Waals surface area contributed by atoms with E-state index >= 15 is 9.18 Å². The number of ether oxygens (including phenoxy) is 2. The number of amides is 5. The van der Waals surface area contributed by atoms with Crippen LogP contribution in [-0.2, 0) is 29.3 Å². The number of carbonyl (C=O) groups excluding carboxylic acids is 5. The monoisotopic (exact) mass is 707 g/mol. The van der Waals surface area contributed by atoms with E-state index in [1.54, 1.807) is 30.3 Å². The Labute approximate surface area is 289 Å². The maximum atomic E-state index is 15.2. The molecule has 0 bridgehead atoms. The highest BCUT2D eigenvalue weighted by atomic mass is 35.5. The third-order valence-corrected chi connectivity index (χ3v) is 10.8. The number of phenols is 1. The molecular formula is C35H28Cl2FN3O8. The summed E-state index contributed by atoms with van der Waals surface area (Å²) >= 11 is 12.5. The number of carbonyl (C=O) groups is 5. The molecule has 2 aliphatic heterocycles. The summed E-state index contributed by atoms with van der Waals surface area (Å²) in [7, 11) is 2.54. The van der Waals surface area contributed by atoms with Gasteiger partial charge < -0.3 is 14.6 Å². The number of benzene rings is 3. The largest absolute Gasteiger partial charge is 0.505 e. The van der Waals surface area contributed by atoms with Crippen LogP contribution in [-0.4, -0.2) is 59.0 Å². The summed E-state index contributed by atoms with van der Waals surface area (Å²) in [5, 5.41) is 11.5. The summed E-state index contributed by atoms with van der Waals surface area (Å²) in [4.78, 5) is 70.0. The Bertz CT molecular complexity index is 1990. The van der Waals surface area contributed by atoms with Gasteiger partial charge in [-0.1, -0.05) is 53.1 Å². The zero-order chi connectivity index (χ0) is 34.9. The summed E-state index contributed by atoms with van der Waals surface area (Å²) in [5.74, 6) is -8.93. The molecule has 1 saturated carbocycles. The number of halogens is 3. The van der Waals surface area contributed by atoms with Gasteiger partial charge in [-0.3, -0.25) is 24.6 Å². The number of methoxy groups -OCH3 is 2. The number of rotatable bonds is 5. The second-order valence-electron chi connectivity index (χ2n) is 12.4. The van der Waals surface area contributed by atoms with Crippen LogP contribution in [0.5, 0.6) is 11.5 Å². The van der Waals surface area contributed by atoms with Gasteiger partial charge in [0.1, 0.15) is 5.75 Å². The first kappa shape index (κ1) is 32.6. The molecule has 252 valence electrons. The van der Waals surface area contributed by atoms with Crippen LogP contribution in [0.2, 0.25) is 10.0 Å². The number of hydrazine groups is 1. The van der Waals surface area contributed by atoms with Crippen LogP contribution in [0.4, 0.5) is 14.9 Å². The van der Waals surface area contributed by atoms with Crippen LogP contribution < -0.4 is 10.2 Å². The van der Waals surface area contributed by atoms with Gasteiger partial charge >= 0.3 is 6.09 Å². The van der Waals surface area contributed by atoms with Gasteiger partial charge in [0.2, 0.25) is 11.8 Å². The maximum Gasteiger partial charge on any atom is 0.423 e. The summed E-state index contributed by atoms with van der Waals surface area (Å²) in [5.41, 5.74) is 2.55. The summed E-state index contributed by atoms with van der Waals surface area (Å²) in [6, 6.07) is 14.8. The zero-order valence-corrected chi connectivity index (χ0v) is 27.5. The number of nitrogens with one attached hydrogen (secondary N) is 1. The van der Waals surface area contributed by atoms with Crippen LogP contribution in [0.1, 0.15) is 29.9 Å². The van der Waals surface area contributed by atoms with Crippen molar-refractivity contribution in [1.82, 2.24) is 9.91 Å². The van der Waals surface area contributed by atoms with Crippen molar-refractivity contribution in [1.29, 1.82) is 0 Å². The average Bonchev–Trinajstić information content (AvgIpc) is 3.47. The molecule has 11 nitrogen and oxygen atoms in total. The Kier molecular flexibility index (Phi) is 7.91. The molecule has 6 atom stereocenters. The smallest absolute Gasteiger partial charge is 0.423 e. The number of fused-ring (bicyclic) bond motifs is 4. The van der Waals surface area contributed by atoms with Crippen LogP contribution in [0, 0.1) is 29.5 Å². The molecule has 2 aliphatic carbocycles. The lowest BCUT2D eigenvalue weighted by molar-refractivity contribution is -0.140. The Morgan fingerprint density at radius 3 is 2.35 bits per heavy atom. The van der Waals surface area contributed by atoms with Crippen molar-refractivity contribution in [3.63, 3.8) is 0 Å². The van der Waals surface area contributed by atoms with Gasteiger partial charge in [0.25, 0.3) is 11.8 Å². The molecule has 49 heavy (non-hydrogen) atoms. The van der Waals surface area contributed by atoms with Gasteiger partial charge in [0.05, 0.1) is 48.1 Å². The quantitative estimate of drug-likeness (QED) is 0.256. The molecule has 0 radical (unpaired) electrons. The molecule has 0 aromatic heterocycles. The minimum Gasteiger partial charge on any atom is -0.505 e. The minimum atomic E-state index is -1.72. The fraction of sp³-hybridized carbons (Fsp3) is 0.286. The number of phenolic OH excluding ortho intramolecular Hbond substituents is 1. The topological polar surface area (TPSA) is 143 Å². The Morgan fingerprint density at radius 1 is 0.959 bits per heavy atom. The standard InChI is InChI=1S/C35H28Cl2FN3O8/c1-48-19-7-4-17(5-8-19)35-23(31(44)41(33(35)46)39-26-11-6-18(36)14-24(26)37)15-22-20(29(35)16-3-12-27(42)25(38)13-16)9-10-21-28(22)32(45)40(30(21)43)34(47)49-2/h3-9,11-14,21-23,28-29,39,42H,10,15H2,1-2H3. The SMILES string of the molecule is COC(=O)N1C(=O)C2CC=C3C(CC4C(=O)N(Nc5ccc(Cl)cc5Cl)C(=O)C4(c4ccc(OC)cc4)C3c3ccc(O)c(F)c3)C2C1=O. The van der Waals surface area contributed by atoms with Crippen molar-refractivity contribution in [2.45, 2.75) is 24.2 Å². The number of likely N-dealkylation sites (tertiary alicyclic amines) is 1. The summed E-state index contributed by atoms with van der Waals surface area (Å²) < 4.78 is 25.3. The van der Waals surface area contributed by atoms with E-state index in [-0.39, 0.29) is 29.1 Å². The zero-order valence-electron chi connectivity index (χ0n) is 26.0. The third kappa shape index (κ3) is 4.72. The number of nitrogens with zero attached hydrogens (tertiary/aromatic N) is 2. The number of hydrogen-bond donors (Lipinski definition) is 2. The van der Waals surface area contributed by atoms with Crippen LogP contribution in [0.15, 0.2) is 72.3 Å². The molecule has 3 fully saturated rings. The first-order valence-corrected chi connectivity index (χ1v) is 16.1. The van der Waals surface area contributed by atoms with Gasteiger partial charge in [-0.15, -0.1) is 0 Å². The first-order valence-electron chi connectivity index (χ1n) is 15.3. The highest BCUT2D eigenvalue weighted by Crippen LogP contribution is 2.64.